The van der Waals surface area contributed by atoms with Gasteiger partial charge in [-0.3, -0.25) is 9.59 Å². The van der Waals surface area contributed by atoms with Gasteiger partial charge in [-0.15, -0.1) is 0 Å². The smallest absolute Gasteiger partial charge is 0.277 e. The number of anilines is 1. The van der Waals surface area contributed by atoms with Crippen LogP contribution < -0.4 is 10.2 Å². The van der Waals surface area contributed by atoms with E-state index in [0.717, 1.165) is 13.1 Å². The van der Waals surface area contributed by atoms with E-state index in [9.17, 15) is 9.59 Å². The molecule has 2 amide bonds. The number of nitrogens with zero attached hydrogens (tertiary/aromatic N) is 1. The van der Waals surface area contributed by atoms with Crippen LogP contribution in [0.3, 0.4) is 0 Å². The molecule has 1 aromatic rings. The fourth-order valence-electron chi connectivity index (χ4n) is 2.99. The molecule has 0 radical (unpaired) electrons. The molecule has 1 heterocycles. The molecule has 0 saturated carbocycles. The van der Waals surface area contributed by atoms with Crippen LogP contribution in [-0.2, 0) is 9.59 Å². The molecule has 6 heteroatoms. The number of likely N-dealkylation sites (N-methyl/N-ethyl adjacent to an activating group) is 1. The third kappa shape index (κ3) is 6.13. The van der Waals surface area contributed by atoms with Gasteiger partial charge >= 0.3 is 0 Å². The quantitative estimate of drug-likeness (QED) is 0.845. The number of quaternary nitrogens is 1. The Morgan fingerprint density at radius 2 is 1.75 bits per heavy atom. The number of nitrogens with one attached hydrogen (secondary N) is 2. The van der Waals surface area contributed by atoms with Gasteiger partial charge in [-0.25, -0.2) is 0 Å². The van der Waals surface area contributed by atoms with Gasteiger partial charge in [-0.05, 0) is 37.8 Å². The Morgan fingerprint density at radius 3 is 2.42 bits per heavy atom. The second-order valence-corrected chi connectivity index (χ2v) is 6.88. The van der Waals surface area contributed by atoms with Crippen LogP contribution in [0.15, 0.2) is 24.3 Å². The van der Waals surface area contributed by atoms with E-state index in [0.29, 0.717) is 17.3 Å². The Kier molecular flexibility index (Phi) is 7.53. The van der Waals surface area contributed by atoms with E-state index in [-0.39, 0.29) is 18.4 Å². The lowest BCUT2D eigenvalue weighted by Gasteiger charge is -2.24. The van der Waals surface area contributed by atoms with Crippen molar-refractivity contribution in [2.24, 2.45) is 0 Å². The molecule has 1 saturated heterocycles. The second kappa shape index (κ2) is 9.64. The second-order valence-electron chi connectivity index (χ2n) is 6.47. The Morgan fingerprint density at radius 1 is 1.12 bits per heavy atom. The van der Waals surface area contributed by atoms with Gasteiger partial charge in [0.2, 0.25) is 5.91 Å². The number of hydrogen-bond donors (Lipinski definition) is 2. The van der Waals surface area contributed by atoms with Crippen molar-refractivity contribution in [3.63, 3.8) is 0 Å². The number of benzene rings is 1. The minimum absolute atomic E-state index is 0.0138. The number of rotatable bonds is 5. The summed E-state index contributed by atoms with van der Waals surface area (Å²) < 4.78 is 0. The Bertz CT molecular complexity index is 557. The van der Waals surface area contributed by atoms with Crippen LogP contribution in [-0.4, -0.2) is 49.9 Å². The first kappa shape index (κ1) is 18.7. The monoisotopic (exact) mass is 352 g/mol. The zero-order valence-electron chi connectivity index (χ0n) is 14.3. The molecular formula is C18H27ClN3O2+. The molecule has 1 aliphatic rings. The SMILES string of the molecule is CN(CC(=O)Nc1ccccc1Cl)C(=O)C[NH+]1CCCCCCC1. The van der Waals surface area contributed by atoms with E-state index >= 15 is 0 Å². The van der Waals surface area contributed by atoms with Crippen molar-refractivity contribution in [1.82, 2.24) is 4.90 Å². The molecule has 5 nitrogen and oxygen atoms in total. The van der Waals surface area contributed by atoms with Crippen LogP contribution >= 0.6 is 11.6 Å². The van der Waals surface area contributed by atoms with E-state index in [1.807, 2.05) is 6.07 Å². The van der Waals surface area contributed by atoms with Crippen molar-refractivity contribution >= 4 is 29.1 Å². The third-order valence-electron chi connectivity index (χ3n) is 4.42. The van der Waals surface area contributed by atoms with Gasteiger partial charge < -0.3 is 15.1 Å². The van der Waals surface area contributed by atoms with Crippen LogP contribution in [0, 0.1) is 0 Å². The fraction of sp³-hybridized carbons (Fsp3) is 0.556. The maximum Gasteiger partial charge on any atom is 0.277 e. The molecule has 0 aromatic heterocycles. The summed E-state index contributed by atoms with van der Waals surface area (Å²) in [4.78, 5) is 27.3. The summed E-state index contributed by atoms with van der Waals surface area (Å²) >= 11 is 6.03. The highest BCUT2D eigenvalue weighted by Crippen LogP contribution is 2.20. The summed E-state index contributed by atoms with van der Waals surface area (Å²) in [5.41, 5.74) is 0.569. The molecule has 0 unspecified atom stereocenters. The summed E-state index contributed by atoms with van der Waals surface area (Å²) in [6, 6.07) is 7.07. The Hall–Kier alpha value is -1.59. The zero-order valence-corrected chi connectivity index (χ0v) is 15.1. The number of amides is 2. The highest BCUT2D eigenvalue weighted by Gasteiger charge is 2.20. The summed E-state index contributed by atoms with van der Waals surface area (Å²) in [7, 11) is 1.68. The van der Waals surface area contributed by atoms with E-state index in [1.54, 1.807) is 25.2 Å². The standard InChI is InChI=1S/C18H26ClN3O2/c1-21(13-17(23)20-16-10-6-5-9-15(16)19)18(24)14-22-11-7-3-2-4-8-12-22/h5-6,9-10H,2-4,7-8,11-14H2,1H3,(H,20,23)/p+1. The maximum absolute atomic E-state index is 12.4. The van der Waals surface area contributed by atoms with Crippen molar-refractivity contribution in [1.29, 1.82) is 0 Å². The summed E-state index contributed by atoms with van der Waals surface area (Å²) in [6.07, 6.45) is 6.18. The molecule has 2 N–H and O–H groups in total. The number of para-hydroxylation sites is 1. The first-order valence-corrected chi connectivity index (χ1v) is 9.06. The lowest BCUT2D eigenvalue weighted by Crippen LogP contribution is -3.13. The molecule has 24 heavy (non-hydrogen) atoms. The van der Waals surface area contributed by atoms with Gasteiger partial charge in [0.15, 0.2) is 6.54 Å². The van der Waals surface area contributed by atoms with Crippen LogP contribution in [0.5, 0.6) is 0 Å². The number of carbonyl (C=O) groups is 2. The number of halogens is 1. The number of carbonyl (C=O) groups excluding carboxylic acids is 2. The highest BCUT2D eigenvalue weighted by atomic mass is 35.5. The molecule has 0 bridgehead atoms. The van der Waals surface area contributed by atoms with Crippen LogP contribution in [0.2, 0.25) is 5.02 Å². The average molecular weight is 353 g/mol. The predicted molar refractivity (Wildman–Crippen MR) is 96.4 cm³/mol. The van der Waals surface area contributed by atoms with Crippen LogP contribution in [0.4, 0.5) is 5.69 Å². The first-order chi connectivity index (χ1) is 11.6. The normalized spacial score (nSPS) is 16.1. The molecule has 0 spiro atoms. The van der Waals surface area contributed by atoms with Gasteiger partial charge in [-0.1, -0.05) is 30.2 Å². The van der Waals surface area contributed by atoms with E-state index in [1.165, 1.54) is 41.9 Å². The zero-order chi connectivity index (χ0) is 17.4. The van der Waals surface area contributed by atoms with Crippen LogP contribution in [0.25, 0.3) is 0 Å². The van der Waals surface area contributed by atoms with E-state index in [2.05, 4.69) is 5.32 Å². The van der Waals surface area contributed by atoms with Gasteiger partial charge in [0.05, 0.1) is 30.3 Å². The van der Waals surface area contributed by atoms with Gasteiger partial charge in [0, 0.05) is 7.05 Å². The van der Waals surface area contributed by atoms with Crippen molar-refractivity contribution < 1.29 is 14.5 Å². The molecule has 1 aliphatic heterocycles. The summed E-state index contributed by atoms with van der Waals surface area (Å²) in [5, 5.41) is 3.24. The summed E-state index contributed by atoms with van der Waals surface area (Å²) in [6.45, 7) is 2.60. The number of hydrogen-bond acceptors (Lipinski definition) is 2. The Labute approximate surface area is 149 Å². The van der Waals surface area contributed by atoms with Crippen molar-refractivity contribution in [3.8, 4) is 0 Å². The summed E-state index contributed by atoms with van der Waals surface area (Å²) in [5.74, 6) is -0.221. The van der Waals surface area contributed by atoms with Crippen molar-refractivity contribution in [2.75, 3.05) is 38.5 Å². The molecule has 0 aliphatic carbocycles. The number of likely N-dealkylation sites (tertiary alicyclic amines) is 1. The highest BCUT2D eigenvalue weighted by molar-refractivity contribution is 6.33. The van der Waals surface area contributed by atoms with E-state index in [4.69, 9.17) is 11.6 Å². The first-order valence-electron chi connectivity index (χ1n) is 8.68. The fourth-order valence-corrected chi connectivity index (χ4v) is 3.17. The molecule has 2 rings (SSSR count). The van der Waals surface area contributed by atoms with Crippen molar-refractivity contribution in [2.45, 2.75) is 32.1 Å². The van der Waals surface area contributed by atoms with Gasteiger partial charge in [-0.2, -0.15) is 0 Å². The lowest BCUT2D eigenvalue weighted by atomic mass is 10.1. The maximum atomic E-state index is 12.4. The molecule has 132 valence electrons. The van der Waals surface area contributed by atoms with E-state index < -0.39 is 0 Å². The molecule has 0 atom stereocenters. The topological polar surface area (TPSA) is 53.9 Å². The predicted octanol–water partition coefficient (Wildman–Crippen LogP) is 1.59. The van der Waals surface area contributed by atoms with Crippen molar-refractivity contribution in [3.05, 3.63) is 29.3 Å². The minimum Gasteiger partial charge on any atom is -0.332 e. The largest absolute Gasteiger partial charge is 0.332 e. The lowest BCUT2D eigenvalue weighted by molar-refractivity contribution is -0.893. The van der Waals surface area contributed by atoms with Gasteiger partial charge in [0.1, 0.15) is 0 Å². The molecular weight excluding hydrogens is 326 g/mol. The minimum atomic E-state index is -0.235. The molecule has 1 fully saturated rings. The third-order valence-corrected chi connectivity index (χ3v) is 4.75. The Balaban J connectivity index is 1.79. The van der Waals surface area contributed by atoms with Crippen LogP contribution in [0.1, 0.15) is 32.1 Å². The molecule has 1 aromatic carbocycles. The average Bonchev–Trinajstić information content (AvgIpc) is 2.52. The van der Waals surface area contributed by atoms with Gasteiger partial charge in [0.25, 0.3) is 5.91 Å².